The number of carbonyl (C=O) groups excluding carboxylic acids is 1. The van der Waals surface area contributed by atoms with Gasteiger partial charge >= 0.3 is 0 Å². The van der Waals surface area contributed by atoms with Crippen LogP contribution >= 0.6 is 0 Å². The van der Waals surface area contributed by atoms with Crippen molar-refractivity contribution in [1.29, 1.82) is 0 Å². The fourth-order valence-corrected chi connectivity index (χ4v) is 4.37. The Morgan fingerprint density at radius 3 is 2.74 bits per heavy atom. The van der Waals surface area contributed by atoms with E-state index in [1.54, 1.807) is 18.5 Å². The number of likely N-dealkylation sites (N-methyl/N-ethyl adjacent to an activating group) is 1. The summed E-state index contributed by atoms with van der Waals surface area (Å²) in [7, 11) is 2.12. The molecule has 5 aromatic rings. The Morgan fingerprint density at radius 1 is 0.971 bits per heavy atom. The van der Waals surface area contributed by atoms with Crippen LogP contribution in [-0.4, -0.2) is 74.0 Å². The van der Waals surface area contributed by atoms with Crippen molar-refractivity contribution in [3.05, 3.63) is 72.3 Å². The van der Waals surface area contributed by atoms with Crippen LogP contribution in [0.25, 0.3) is 33.3 Å². The van der Waals surface area contributed by atoms with Crippen LogP contribution in [0.5, 0.6) is 0 Å². The molecule has 9 heteroatoms. The Bertz CT molecular complexity index is 1540. The average molecular weight is 465 g/mol. The molecule has 0 saturated carbocycles. The number of fused-ring (bicyclic) bond motifs is 2. The zero-order valence-electron chi connectivity index (χ0n) is 19.3. The fraction of sp³-hybridized carbons (Fsp3) is 0.231. The Hall–Kier alpha value is -4.24. The molecular formula is C26H24N8O. The number of hydrogen-bond donors (Lipinski definition) is 1. The lowest BCUT2D eigenvalue weighted by Gasteiger charge is -2.33. The molecule has 0 unspecified atom stereocenters. The highest BCUT2D eigenvalue weighted by Gasteiger charge is 2.17. The summed E-state index contributed by atoms with van der Waals surface area (Å²) >= 11 is 0. The number of carbonyl (C=O) groups is 1. The van der Waals surface area contributed by atoms with E-state index in [4.69, 9.17) is 0 Å². The van der Waals surface area contributed by atoms with Gasteiger partial charge in [-0.3, -0.25) is 4.79 Å². The summed E-state index contributed by atoms with van der Waals surface area (Å²) in [6.45, 7) is 3.78. The van der Waals surface area contributed by atoms with Gasteiger partial charge in [0.25, 0.3) is 0 Å². The Kier molecular flexibility index (Phi) is 5.38. The summed E-state index contributed by atoms with van der Waals surface area (Å²) < 4.78 is 0. The van der Waals surface area contributed by atoms with Crippen molar-refractivity contribution in [1.82, 2.24) is 35.0 Å². The number of ketones is 1. The van der Waals surface area contributed by atoms with Crippen LogP contribution in [0.1, 0.15) is 16.1 Å². The first-order valence-electron chi connectivity index (χ1n) is 11.6. The van der Waals surface area contributed by atoms with Crippen LogP contribution in [0.4, 0.5) is 5.82 Å². The van der Waals surface area contributed by atoms with Gasteiger partial charge < -0.3 is 14.8 Å². The molecule has 1 aromatic carbocycles. The molecule has 1 aliphatic heterocycles. The minimum Gasteiger partial charge on any atom is -0.354 e. The van der Waals surface area contributed by atoms with Gasteiger partial charge in [0.05, 0.1) is 29.5 Å². The number of pyridine rings is 1. The minimum atomic E-state index is -0.00337. The van der Waals surface area contributed by atoms with E-state index in [0.29, 0.717) is 11.3 Å². The van der Waals surface area contributed by atoms with Crippen LogP contribution in [0.2, 0.25) is 0 Å². The topological polar surface area (TPSA) is 104 Å². The number of aromatic nitrogens is 6. The highest BCUT2D eigenvalue weighted by Crippen LogP contribution is 2.24. The highest BCUT2D eigenvalue weighted by molar-refractivity contribution is 5.98. The second-order valence-corrected chi connectivity index (χ2v) is 8.87. The molecule has 0 atom stereocenters. The largest absolute Gasteiger partial charge is 0.354 e. The summed E-state index contributed by atoms with van der Waals surface area (Å²) in [5.74, 6) is 0.843. The predicted molar refractivity (Wildman–Crippen MR) is 134 cm³/mol. The molecule has 6 rings (SSSR count). The first kappa shape index (κ1) is 21.3. The molecular weight excluding hydrogens is 440 g/mol. The zero-order valence-corrected chi connectivity index (χ0v) is 19.3. The maximum absolute atomic E-state index is 13.1. The second kappa shape index (κ2) is 8.84. The average Bonchev–Trinajstić information content (AvgIpc) is 3.37. The molecule has 1 N–H and O–H groups in total. The van der Waals surface area contributed by atoms with E-state index < -0.39 is 0 Å². The lowest BCUT2D eigenvalue weighted by Crippen LogP contribution is -2.44. The summed E-state index contributed by atoms with van der Waals surface area (Å²) in [5, 5.41) is 9.54. The van der Waals surface area contributed by atoms with Crippen molar-refractivity contribution in [2.75, 3.05) is 38.1 Å². The van der Waals surface area contributed by atoms with Crippen molar-refractivity contribution in [3.63, 3.8) is 0 Å². The number of rotatable bonds is 5. The Labute approximate surface area is 201 Å². The third-order valence-electron chi connectivity index (χ3n) is 6.43. The predicted octanol–water partition coefficient (Wildman–Crippen LogP) is 3.14. The van der Waals surface area contributed by atoms with Gasteiger partial charge in [-0.05, 0) is 43.4 Å². The van der Waals surface area contributed by atoms with Gasteiger partial charge in [-0.1, -0.05) is 6.07 Å². The van der Waals surface area contributed by atoms with Gasteiger partial charge in [-0.2, -0.15) is 10.2 Å². The molecule has 0 spiro atoms. The number of piperazine rings is 1. The summed E-state index contributed by atoms with van der Waals surface area (Å²) in [6.07, 6.45) is 5.46. The fourth-order valence-electron chi connectivity index (χ4n) is 4.37. The SMILES string of the molecule is CN1CCN(c2cc(C(=O)Cc3cc4cc(-c5cnc6[nH]ccc6n5)ccc4nn3)ccn2)CC1. The first-order valence-corrected chi connectivity index (χ1v) is 11.6. The lowest BCUT2D eigenvalue weighted by atomic mass is 10.0. The maximum Gasteiger partial charge on any atom is 0.169 e. The van der Waals surface area contributed by atoms with Gasteiger partial charge in [0, 0.05) is 55.1 Å². The Balaban J connectivity index is 1.24. The second-order valence-electron chi connectivity index (χ2n) is 8.87. The smallest absolute Gasteiger partial charge is 0.169 e. The van der Waals surface area contributed by atoms with Crippen molar-refractivity contribution in [3.8, 4) is 11.3 Å². The van der Waals surface area contributed by atoms with E-state index in [0.717, 1.165) is 65.3 Å². The number of hydrogen-bond acceptors (Lipinski definition) is 8. The van der Waals surface area contributed by atoms with Gasteiger partial charge in [0.15, 0.2) is 11.4 Å². The van der Waals surface area contributed by atoms with Gasteiger partial charge in [0.2, 0.25) is 0 Å². The molecule has 0 amide bonds. The van der Waals surface area contributed by atoms with E-state index in [1.165, 1.54) is 0 Å². The normalized spacial score (nSPS) is 14.6. The van der Waals surface area contributed by atoms with Crippen LogP contribution < -0.4 is 4.90 Å². The van der Waals surface area contributed by atoms with Crippen molar-refractivity contribution < 1.29 is 4.79 Å². The molecule has 4 aromatic heterocycles. The summed E-state index contributed by atoms with van der Waals surface area (Å²) in [5.41, 5.74) is 5.32. The highest BCUT2D eigenvalue weighted by atomic mass is 16.1. The van der Waals surface area contributed by atoms with E-state index >= 15 is 0 Å². The van der Waals surface area contributed by atoms with E-state index in [9.17, 15) is 4.79 Å². The van der Waals surface area contributed by atoms with E-state index in [2.05, 4.69) is 47.0 Å². The summed E-state index contributed by atoms with van der Waals surface area (Å²) in [4.78, 5) is 34.3. The molecule has 0 aliphatic carbocycles. The number of Topliss-reactive ketones (excluding diaryl/α,β-unsaturated/α-hetero) is 1. The van der Waals surface area contributed by atoms with Gasteiger partial charge in [-0.25, -0.2) is 15.0 Å². The standard InChI is InChI=1S/C26H24N8O/c1-33-8-10-34(11-9-33)25-14-18(4-6-27-25)24(35)15-20-13-19-12-17(2-3-21(19)32-31-20)23-16-29-26-22(30-23)5-7-28-26/h2-7,12-14,16H,8-11,15H2,1H3,(H,28,29). The maximum atomic E-state index is 13.1. The molecule has 5 heterocycles. The number of benzene rings is 1. The number of nitrogens with one attached hydrogen (secondary N) is 1. The first-order chi connectivity index (χ1) is 17.1. The van der Waals surface area contributed by atoms with Crippen molar-refractivity contribution in [2.45, 2.75) is 6.42 Å². The van der Waals surface area contributed by atoms with Crippen LogP contribution in [0.15, 0.2) is 61.1 Å². The molecule has 1 saturated heterocycles. The number of aromatic amines is 1. The number of nitrogens with zero attached hydrogens (tertiary/aromatic N) is 7. The number of anilines is 1. The molecule has 0 radical (unpaired) electrons. The molecule has 1 aliphatic rings. The monoisotopic (exact) mass is 464 g/mol. The van der Waals surface area contributed by atoms with Gasteiger partial charge in [-0.15, -0.1) is 0 Å². The van der Waals surface area contributed by atoms with E-state index in [-0.39, 0.29) is 12.2 Å². The van der Waals surface area contributed by atoms with Crippen molar-refractivity contribution in [2.24, 2.45) is 0 Å². The molecule has 0 bridgehead atoms. The lowest BCUT2D eigenvalue weighted by molar-refractivity contribution is 0.0991. The molecule has 9 nitrogen and oxygen atoms in total. The van der Waals surface area contributed by atoms with E-state index in [1.807, 2.05) is 42.6 Å². The van der Waals surface area contributed by atoms with Gasteiger partial charge in [0.1, 0.15) is 11.3 Å². The summed E-state index contributed by atoms with van der Waals surface area (Å²) in [6, 6.07) is 13.4. The third-order valence-corrected chi connectivity index (χ3v) is 6.43. The Morgan fingerprint density at radius 2 is 1.86 bits per heavy atom. The molecule has 1 fully saturated rings. The zero-order chi connectivity index (χ0) is 23.8. The number of H-pyrrole nitrogens is 1. The van der Waals surface area contributed by atoms with Crippen LogP contribution in [0.3, 0.4) is 0 Å². The third kappa shape index (κ3) is 4.33. The molecule has 35 heavy (non-hydrogen) atoms. The van der Waals surface area contributed by atoms with Crippen LogP contribution in [-0.2, 0) is 6.42 Å². The molecule has 174 valence electrons. The van der Waals surface area contributed by atoms with Crippen molar-refractivity contribution >= 4 is 33.7 Å². The van der Waals surface area contributed by atoms with Crippen LogP contribution in [0, 0.1) is 0 Å². The minimum absolute atomic E-state index is 0.00337. The quantitative estimate of drug-likeness (QED) is 0.396.